The van der Waals surface area contributed by atoms with Crippen molar-refractivity contribution in [1.29, 1.82) is 0 Å². The van der Waals surface area contributed by atoms with E-state index in [9.17, 15) is 9.59 Å². The normalized spacial score (nSPS) is 28.8. The Bertz CT molecular complexity index is 625. The molecule has 0 saturated heterocycles. The van der Waals surface area contributed by atoms with Crippen LogP contribution in [-0.4, -0.2) is 31.9 Å². The smallest absolute Gasteiger partial charge is 0.302 e. The van der Waals surface area contributed by atoms with Crippen molar-refractivity contribution in [3.05, 3.63) is 23.3 Å². The molecule has 122 valence electrons. The fraction of sp³-hybridized carbons (Fsp3) is 0.529. The van der Waals surface area contributed by atoms with Crippen molar-refractivity contribution in [3.8, 4) is 11.5 Å². The molecule has 6 nitrogen and oxygen atoms in total. The average molecular weight is 318 g/mol. The van der Waals surface area contributed by atoms with Crippen LogP contribution in [0.25, 0.3) is 0 Å². The molecule has 1 aromatic carbocycles. The first-order valence-corrected chi connectivity index (χ1v) is 7.76. The van der Waals surface area contributed by atoms with Crippen LogP contribution in [0.2, 0.25) is 0 Å². The average Bonchev–Trinajstić information content (AvgIpc) is 2.91. The molecule has 1 aromatic rings. The Morgan fingerprint density at radius 3 is 1.78 bits per heavy atom. The number of ether oxygens (including phenoxy) is 4. The van der Waals surface area contributed by atoms with E-state index in [0.29, 0.717) is 25.0 Å². The molecule has 2 aliphatic carbocycles. The summed E-state index contributed by atoms with van der Waals surface area (Å²) in [6.07, 6.45) is 0. The molecule has 1 aliphatic heterocycles. The van der Waals surface area contributed by atoms with Crippen molar-refractivity contribution in [2.75, 3.05) is 20.0 Å². The zero-order chi connectivity index (χ0) is 16.1. The van der Waals surface area contributed by atoms with E-state index in [4.69, 9.17) is 18.9 Å². The summed E-state index contributed by atoms with van der Waals surface area (Å²) >= 11 is 0. The molecule has 3 unspecified atom stereocenters. The van der Waals surface area contributed by atoms with Crippen LogP contribution in [0.15, 0.2) is 12.1 Å². The van der Waals surface area contributed by atoms with E-state index in [1.54, 1.807) is 0 Å². The number of esters is 2. The third kappa shape index (κ3) is 2.16. The predicted molar refractivity (Wildman–Crippen MR) is 78.3 cm³/mol. The summed E-state index contributed by atoms with van der Waals surface area (Å²) in [7, 11) is 0. The summed E-state index contributed by atoms with van der Waals surface area (Å²) in [6, 6.07) is 4.06. The highest BCUT2D eigenvalue weighted by atomic mass is 16.7. The van der Waals surface area contributed by atoms with E-state index in [1.165, 1.54) is 25.0 Å². The van der Waals surface area contributed by atoms with Crippen LogP contribution < -0.4 is 9.47 Å². The number of carbonyl (C=O) groups is 2. The molecule has 3 aliphatic rings. The van der Waals surface area contributed by atoms with Gasteiger partial charge in [0.15, 0.2) is 11.5 Å². The monoisotopic (exact) mass is 318 g/mol. The molecule has 1 fully saturated rings. The second-order valence-electron chi connectivity index (χ2n) is 6.32. The van der Waals surface area contributed by atoms with Gasteiger partial charge in [-0.15, -0.1) is 0 Å². The first-order chi connectivity index (χ1) is 11.1. The van der Waals surface area contributed by atoms with Gasteiger partial charge in [-0.25, -0.2) is 0 Å². The number of hydrogen-bond acceptors (Lipinski definition) is 6. The summed E-state index contributed by atoms with van der Waals surface area (Å²) in [5.41, 5.74) is 2.46. The van der Waals surface area contributed by atoms with Crippen molar-refractivity contribution >= 4 is 11.9 Å². The van der Waals surface area contributed by atoms with Crippen molar-refractivity contribution < 1.29 is 28.5 Å². The molecule has 0 spiro atoms. The van der Waals surface area contributed by atoms with E-state index in [2.05, 4.69) is 0 Å². The van der Waals surface area contributed by atoms with Crippen molar-refractivity contribution in [1.82, 2.24) is 0 Å². The van der Waals surface area contributed by atoms with E-state index < -0.39 is 0 Å². The van der Waals surface area contributed by atoms with Crippen LogP contribution in [0.3, 0.4) is 0 Å². The Morgan fingerprint density at radius 2 is 1.39 bits per heavy atom. The Balaban J connectivity index is 1.57. The second kappa shape index (κ2) is 5.15. The molecule has 1 saturated carbocycles. The van der Waals surface area contributed by atoms with Gasteiger partial charge in [0, 0.05) is 25.7 Å². The molecule has 6 heteroatoms. The first-order valence-electron chi connectivity index (χ1n) is 7.76. The van der Waals surface area contributed by atoms with Crippen molar-refractivity contribution in [3.63, 3.8) is 0 Å². The van der Waals surface area contributed by atoms with Gasteiger partial charge < -0.3 is 18.9 Å². The standard InChI is InChI=1S/C17H18O6/c1-8(18)20-5-12-13(6-21-9(2)19)17-11-4-15-14(22-7-23-15)3-10(11)16(12)17/h3-4,12-13,16-17H,5-7H2,1-2H3/t12?,13?,16-,17?/m0/s1. The number of hydrogen-bond donors (Lipinski definition) is 0. The Hall–Kier alpha value is -2.24. The number of carbonyl (C=O) groups excluding carboxylic acids is 2. The van der Waals surface area contributed by atoms with E-state index in [0.717, 1.165) is 11.5 Å². The number of rotatable bonds is 4. The summed E-state index contributed by atoms with van der Waals surface area (Å²) in [4.78, 5) is 22.2. The van der Waals surface area contributed by atoms with Crippen LogP contribution in [0, 0.1) is 11.8 Å². The number of benzene rings is 1. The fourth-order valence-electron chi connectivity index (χ4n) is 4.10. The van der Waals surface area contributed by atoms with Gasteiger partial charge in [0.25, 0.3) is 0 Å². The van der Waals surface area contributed by atoms with Gasteiger partial charge in [0.05, 0.1) is 13.2 Å². The Labute approximate surface area is 133 Å². The van der Waals surface area contributed by atoms with Crippen LogP contribution in [0.4, 0.5) is 0 Å². The highest BCUT2D eigenvalue weighted by Crippen LogP contribution is 2.67. The van der Waals surface area contributed by atoms with Gasteiger partial charge in [-0.1, -0.05) is 0 Å². The summed E-state index contributed by atoms with van der Waals surface area (Å²) in [6.45, 7) is 3.78. The maximum absolute atomic E-state index is 11.1. The van der Waals surface area contributed by atoms with Gasteiger partial charge >= 0.3 is 11.9 Å². The van der Waals surface area contributed by atoms with Gasteiger partial charge in [0.2, 0.25) is 6.79 Å². The minimum absolute atomic E-state index is 0.177. The quantitative estimate of drug-likeness (QED) is 0.791. The zero-order valence-corrected chi connectivity index (χ0v) is 13.0. The molecule has 0 radical (unpaired) electrons. The second-order valence-corrected chi connectivity index (χ2v) is 6.32. The summed E-state index contributed by atoms with van der Waals surface area (Å²) in [5, 5.41) is 0. The predicted octanol–water partition coefficient (Wildman–Crippen LogP) is 1.97. The van der Waals surface area contributed by atoms with Gasteiger partial charge in [-0.3, -0.25) is 9.59 Å². The molecule has 4 atom stereocenters. The van der Waals surface area contributed by atoms with Gasteiger partial charge in [-0.05, 0) is 35.1 Å². The van der Waals surface area contributed by atoms with Crippen molar-refractivity contribution in [2.45, 2.75) is 25.7 Å². The molecule has 1 heterocycles. The lowest BCUT2D eigenvalue weighted by molar-refractivity contribution is -0.153. The highest BCUT2D eigenvalue weighted by Gasteiger charge is 2.59. The van der Waals surface area contributed by atoms with Crippen LogP contribution in [0.5, 0.6) is 11.5 Å². The fourth-order valence-corrected chi connectivity index (χ4v) is 4.10. The summed E-state index contributed by atoms with van der Waals surface area (Å²) in [5.74, 6) is 2.00. The minimum atomic E-state index is -0.287. The third-order valence-electron chi connectivity index (χ3n) is 5.11. The molecule has 23 heavy (non-hydrogen) atoms. The number of fused-ring (bicyclic) bond motifs is 5. The zero-order valence-electron chi connectivity index (χ0n) is 13.0. The molecule has 0 N–H and O–H groups in total. The van der Waals surface area contributed by atoms with Crippen LogP contribution in [-0.2, 0) is 19.1 Å². The lowest BCUT2D eigenvalue weighted by Gasteiger charge is -2.59. The SMILES string of the molecule is CC(=O)OCC1C(COC(C)=O)[C@@H]2c3cc4c(cc3C12)OCO4. The van der Waals surface area contributed by atoms with E-state index in [-0.39, 0.29) is 30.6 Å². The lowest BCUT2D eigenvalue weighted by atomic mass is 9.45. The Morgan fingerprint density at radius 1 is 0.957 bits per heavy atom. The Kier molecular flexibility index (Phi) is 3.21. The molecule has 0 amide bonds. The van der Waals surface area contributed by atoms with Crippen molar-refractivity contribution in [2.24, 2.45) is 11.8 Å². The topological polar surface area (TPSA) is 71.1 Å². The van der Waals surface area contributed by atoms with E-state index in [1.807, 2.05) is 12.1 Å². The minimum Gasteiger partial charge on any atom is -0.466 e. The van der Waals surface area contributed by atoms with Gasteiger partial charge in [0.1, 0.15) is 0 Å². The summed E-state index contributed by atoms with van der Waals surface area (Å²) < 4.78 is 21.3. The highest BCUT2D eigenvalue weighted by molar-refractivity contribution is 5.67. The van der Waals surface area contributed by atoms with Crippen LogP contribution >= 0.6 is 0 Å². The molecular formula is C17H18O6. The maximum atomic E-state index is 11.1. The molecule has 0 bridgehead atoms. The van der Waals surface area contributed by atoms with Crippen LogP contribution in [0.1, 0.15) is 36.8 Å². The molecule has 4 rings (SSSR count). The van der Waals surface area contributed by atoms with Gasteiger partial charge in [-0.2, -0.15) is 0 Å². The largest absolute Gasteiger partial charge is 0.466 e. The molecule has 0 aromatic heterocycles. The van der Waals surface area contributed by atoms with E-state index >= 15 is 0 Å². The maximum Gasteiger partial charge on any atom is 0.302 e. The first kappa shape index (κ1) is 14.4. The third-order valence-corrected chi connectivity index (χ3v) is 5.11. The molecular weight excluding hydrogens is 300 g/mol. The lowest BCUT2D eigenvalue weighted by Crippen LogP contribution is -2.54.